The van der Waals surface area contributed by atoms with Gasteiger partial charge in [-0.3, -0.25) is 10.1 Å². The van der Waals surface area contributed by atoms with Crippen molar-refractivity contribution in [1.29, 1.82) is 0 Å². The molecule has 0 heterocycles. The Morgan fingerprint density at radius 1 is 1.25 bits per heavy atom. The maximum absolute atomic E-state index is 13.3. The number of nitro groups is 1. The van der Waals surface area contributed by atoms with Crippen LogP contribution in [-0.2, 0) is 6.54 Å². The van der Waals surface area contributed by atoms with E-state index in [-0.39, 0.29) is 12.2 Å². The van der Waals surface area contributed by atoms with E-state index in [0.717, 1.165) is 0 Å². The molecule has 20 heavy (non-hydrogen) atoms. The second kappa shape index (κ2) is 5.66. The van der Waals surface area contributed by atoms with Crippen LogP contribution in [0, 0.1) is 22.9 Å². The molecule has 0 atom stereocenters. The van der Waals surface area contributed by atoms with Crippen molar-refractivity contribution < 1.29 is 14.1 Å². The summed E-state index contributed by atoms with van der Waals surface area (Å²) in [6.45, 7) is 1.81. The summed E-state index contributed by atoms with van der Waals surface area (Å²) in [5.74, 6) is 0.266. The van der Waals surface area contributed by atoms with Gasteiger partial charge in [-0.2, -0.15) is 0 Å². The van der Waals surface area contributed by atoms with Crippen molar-refractivity contribution in [3.63, 3.8) is 0 Å². The van der Waals surface area contributed by atoms with Gasteiger partial charge >= 0.3 is 0 Å². The Morgan fingerprint density at radius 3 is 2.60 bits per heavy atom. The molecule has 0 spiro atoms. The third kappa shape index (κ3) is 3.10. The first kappa shape index (κ1) is 14.0. The van der Waals surface area contributed by atoms with Crippen molar-refractivity contribution in [2.75, 3.05) is 0 Å². The van der Waals surface area contributed by atoms with Crippen LogP contribution in [0.3, 0.4) is 0 Å². The second-order valence-electron chi connectivity index (χ2n) is 4.31. The number of halogens is 1. The quantitative estimate of drug-likeness (QED) is 0.686. The lowest BCUT2D eigenvalue weighted by molar-refractivity contribution is -0.385. The molecule has 2 aromatic carbocycles. The fraction of sp³-hybridized carbons (Fsp3) is 0.143. The summed E-state index contributed by atoms with van der Waals surface area (Å²) in [6, 6.07) is 8.54. The van der Waals surface area contributed by atoms with Crippen molar-refractivity contribution >= 4 is 5.69 Å². The Hall–Kier alpha value is -2.47. The van der Waals surface area contributed by atoms with Crippen LogP contribution in [0.5, 0.6) is 11.5 Å². The van der Waals surface area contributed by atoms with Gasteiger partial charge in [0, 0.05) is 24.2 Å². The van der Waals surface area contributed by atoms with E-state index in [4.69, 9.17) is 10.5 Å². The number of rotatable bonds is 4. The predicted octanol–water partition coefficient (Wildman–Crippen LogP) is 3.29. The van der Waals surface area contributed by atoms with E-state index < -0.39 is 10.7 Å². The minimum atomic E-state index is -0.464. The molecule has 104 valence electrons. The average Bonchev–Trinajstić information content (AvgIpc) is 2.37. The summed E-state index contributed by atoms with van der Waals surface area (Å²) < 4.78 is 18.8. The van der Waals surface area contributed by atoms with Crippen molar-refractivity contribution in [1.82, 2.24) is 0 Å². The lowest BCUT2D eigenvalue weighted by atomic mass is 10.2. The maximum atomic E-state index is 13.3. The van der Waals surface area contributed by atoms with E-state index in [1.165, 1.54) is 30.3 Å². The van der Waals surface area contributed by atoms with Gasteiger partial charge in [0.15, 0.2) is 0 Å². The minimum absolute atomic E-state index is 0.0132. The van der Waals surface area contributed by atoms with Crippen molar-refractivity contribution in [3.05, 3.63) is 63.5 Å². The van der Waals surface area contributed by atoms with Crippen LogP contribution in [0.4, 0.5) is 10.1 Å². The van der Waals surface area contributed by atoms with Crippen LogP contribution in [0.25, 0.3) is 0 Å². The number of hydrogen-bond donors (Lipinski definition) is 1. The number of benzene rings is 2. The number of nitro benzene ring substituents is 1. The minimum Gasteiger partial charge on any atom is -0.457 e. The Bertz CT molecular complexity index is 659. The molecule has 2 rings (SSSR count). The van der Waals surface area contributed by atoms with E-state index in [9.17, 15) is 14.5 Å². The number of hydrogen-bond acceptors (Lipinski definition) is 4. The molecule has 0 bridgehead atoms. The highest BCUT2D eigenvalue weighted by Gasteiger charge is 2.11. The van der Waals surface area contributed by atoms with Crippen LogP contribution >= 0.6 is 0 Å². The van der Waals surface area contributed by atoms with Crippen LogP contribution in [0.15, 0.2) is 36.4 Å². The van der Waals surface area contributed by atoms with Gasteiger partial charge < -0.3 is 10.5 Å². The third-order valence-electron chi connectivity index (χ3n) is 2.77. The molecule has 2 aromatic rings. The second-order valence-corrected chi connectivity index (χ2v) is 4.31. The van der Waals surface area contributed by atoms with E-state index in [2.05, 4.69) is 0 Å². The highest BCUT2D eigenvalue weighted by molar-refractivity contribution is 5.45. The summed E-state index contributed by atoms with van der Waals surface area (Å²) in [7, 11) is 0. The number of aryl methyl sites for hydroxylation is 1. The molecule has 0 aromatic heterocycles. The first-order valence-electron chi connectivity index (χ1n) is 5.92. The van der Waals surface area contributed by atoms with Crippen LogP contribution in [-0.4, -0.2) is 4.92 Å². The van der Waals surface area contributed by atoms with Gasteiger partial charge in [-0.05, 0) is 36.8 Å². The first-order chi connectivity index (χ1) is 9.49. The van der Waals surface area contributed by atoms with E-state index >= 15 is 0 Å². The first-order valence-corrected chi connectivity index (χ1v) is 5.92. The Balaban J connectivity index is 2.28. The van der Waals surface area contributed by atoms with E-state index in [1.54, 1.807) is 13.0 Å². The standard InChI is InChI=1S/C14H13FN2O3/c1-9-4-12(2-3-14(9)17(18)19)20-13-6-10(8-16)5-11(15)7-13/h2-7H,8,16H2,1H3. The van der Waals surface area contributed by atoms with Gasteiger partial charge in [0.05, 0.1) is 4.92 Å². The smallest absolute Gasteiger partial charge is 0.272 e. The summed E-state index contributed by atoms with van der Waals surface area (Å²) in [5.41, 5.74) is 6.56. The predicted molar refractivity (Wildman–Crippen MR) is 72.2 cm³/mol. The topological polar surface area (TPSA) is 78.4 Å². The molecule has 0 amide bonds. The Kier molecular flexibility index (Phi) is 3.95. The molecule has 0 fully saturated rings. The summed E-state index contributed by atoms with van der Waals surface area (Å²) in [4.78, 5) is 10.3. The highest BCUT2D eigenvalue weighted by atomic mass is 19.1. The number of nitrogens with two attached hydrogens (primary N) is 1. The fourth-order valence-corrected chi connectivity index (χ4v) is 1.83. The van der Waals surface area contributed by atoms with Gasteiger partial charge in [0.2, 0.25) is 0 Å². The van der Waals surface area contributed by atoms with Crippen molar-refractivity contribution in [2.45, 2.75) is 13.5 Å². The molecule has 0 aliphatic heterocycles. The van der Waals surface area contributed by atoms with Crippen LogP contribution < -0.4 is 10.5 Å². The monoisotopic (exact) mass is 276 g/mol. The zero-order valence-corrected chi connectivity index (χ0v) is 10.8. The average molecular weight is 276 g/mol. The van der Waals surface area contributed by atoms with Gasteiger partial charge in [0.25, 0.3) is 5.69 Å². The molecule has 5 nitrogen and oxygen atoms in total. The SMILES string of the molecule is Cc1cc(Oc2cc(F)cc(CN)c2)ccc1[N+](=O)[O-]. The fourth-order valence-electron chi connectivity index (χ4n) is 1.83. The molecule has 0 unspecified atom stereocenters. The Labute approximate surface area is 114 Å². The summed E-state index contributed by atoms with van der Waals surface area (Å²) >= 11 is 0. The van der Waals surface area contributed by atoms with Crippen molar-refractivity contribution in [3.8, 4) is 11.5 Å². The zero-order chi connectivity index (χ0) is 14.7. The molecule has 0 aliphatic rings. The molecule has 0 radical (unpaired) electrons. The zero-order valence-electron chi connectivity index (χ0n) is 10.8. The summed E-state index contributed by atoms with van der Waals surface area (Å²) in [5, 5.41) is 10.7. The van der Waals surface area contributed by atoms with Crippen LogP contribution in [0.1, 0.15) is 11.1 Å². The normalized spacial score (nSPS) is 10.3. The number of ether oxygens (including phenoxy) is 1. The van der Waals surface area contributed by atoms with Crippen LogP contribution in [0.2, 0.25) is 0 Å². The largest absolute Gasteiger partial charge is 0.457 e. The lowest BCUT2D eigenvalue weighted by Gasteiger charge is -2.08. The molecular formula is C14H13FN2O3. The third-order valence-corrected chi connectivity index (χ3v) is 2.77. The lowest BCUT2D eigenvalue weighted by Crippen LogP contribution is -1.98. The van der Waals surface area contributed by atoms with Crippen molar-refractivity contribution in [2.24, 2.45) is 5.73 Å². The van der Waals surface area contributed by atoms with E-state index in [0.29, 0.717) is 22.6 Å². The van der Waals surface area contributed by atoms with Gasteiger partial charge in [-0.1, -0.05) is 0 Å². The molecule has 6 heteroatoms. The summed E-state index contributed by atoms with van der Waals surface area (Å²) in [6.07, 6.45) is 0. The van der Waals surface area contributed by atoms with Gasteiger partial charge in [0.1, 0.15) is 17.3 Å². The molecule has 0 aliphatic carbocycles. The van der Waals surface area contributed by atoms with E-state index in [1.807, 2.05) is 0 Å². The number of nitrogens with zero attached hydrogens (tertiary/aromatic N) is 1. The molecule has 2 N–H and O–H groups in total. The Morgan fingerprint density at radius 2 is 2.00 bits per heavy atom. The highest BCUT2D eigenvalue weighted by Crippen LogP contribution is 2.28. The molecule has 0 saturated carbocycles. The van der Waals surface area contributed by atoms with Gasteiger partial charge in [-0.15, -0.1) is 0 Å². The molecular weight excluding hydrogens is 263 g/mol. The maximum Gasteiger partial charge on any atom is 0.272 e. The molecule has 0 saturated heterocycles. The van der Waals surface area contributed by atoms with Gasteiger partial charge in [-0.25, -0.2) is 4.39 Å².